The van der Waals surface area contributed by atoms with Gasteiger partial charge in [0.05, 0.1) is 5.56 Å². The lowest BCUT2D eigenvalue weighted by Crippen LogP contribution is -2.48. The van der Waals surface area contributed by atoms with E-state index in [0.717, 1.165) is 31.2 Å². The van der Waals surface area contributed by atoms with Gasteiger partial charge in [-0.2, -0.15) is 0 Å². The van der Waals surface area contributed by atoms with Crippen molar-refractivity contribution in [3.63, 3.8) is 0 Å². The Kier molecular flexibility index (Phi) is 6.35. The lowest BCUT2D eigenvalue weighted by atomic mass is 9.96. The molecule has 2 rings (SSSR count). The first-order valence-electron chi connectivity index (χ1n) is 8.34. The average Bonchev–Trinajstić information content (AvgIpc) is 2.56. The number of carbonyl (C=O) groups excluding carboxylic acids is 3. The van der Waals surface area contributed by atoms with Crippen LogP contribution >= 0.6 is 0 Å². The van der Waals surface area contributed by atoms with Crippen molar-refractivity contribution < 1.29 is 19.1 Å². The maximum absolute atomic E-state index is 12.0. The molecule has 0 radical (unpaired) electrons. The Labute approximate surface area is 142 Å². The molecule has 1 aliphatic rings. The molecule has 1 atom stereocenters. The van der Waals surface area contributed by atoms with Crippen molar-refractivity contribution in [1.82, 2.24) is 10.6 Å². The molecule has 6 nitrogen and oxygen atoms in total. The highest BCUT2D eigenvalue weighted by atomic mass is 16.5. The summed E-state index contributed by atoms with van der Waals surface area (Å²) in [6.07, 6.45) is 4.17. The fourth-order valence-corrected chi connectivity index (χ4v) is 2.65. The van der Waals surface area contributed by atoms with Crippen LogP contribution in [0.15, 0.2) is 24.3 Å². The van der Waals surface area contributed by atoms with Crippen LogP contribution in [0.1, 0.15) is 54.9 Å². The molecule has 1 aromatic carbocycles. The first-order valence-corrected chi connectivity index (χ1v) is 8.34. The van der Waals surface area contributed by atoms with Crippen LogP contribution in [0.2, 0.25) is 0 Å². The van der Waals surface area contributed by atoms with Crippen LogP contribution in [-0.2, 0) is 9.53 Å². The Morgan fingerprint density at radius 2 is 1.71 bits per heavy atom. The van der Waals surface area contributed by atoms with Gasteiger partial charge in [-0.25, -0.2) is 9.59 Å². The van der Waals surface area contributed by atoms with Crippen molar-refractivity contribution in [3.05, 3.63) is 35.4 Å². The quantitative estimate of drug-likeness (QED) is 0.830. The molecule has 0 aromatic heterocycles. The number of rotatable bonds is 4. The van der Waals surface area contributed by atoms with Gasteiger partial charge < -0.3 is 10.1 Å². The summed E-state index contributed by atoms with van der Waals surface area (Å²) < 4.78 is 5.10. The summed E-state index contributed by atoms with van der Waals surface area (Å²) in [6, 6.07) is 6.43. The third-order valence-electron chi connectivity index (χ3n) is 4.12. The third-order valence-corrected chi connectivity index (χ3v) is 4.12. The van der Waals surface area contributed by atoms with Crippen molar-refractivity contribution in [1.29, 1.82) is 0 Å². The summed E-state index contributed by atoms with van der Waals surface area (Å²) in [5.41, 5.74) is 1.39. The Hall–Kier alpha value is -2.37. The zero-order valence-electron chi connectivity index (χ0n) is 14.1. The number of amides is 3. The van der Waals surface area contributed by atoms with E-state index in [4.69, 9.17) is 4.74 Å². The van der Waals surface area contributed by atoms with Gasteiger partial charge in [-0.1, -0.05) is 37.0 Å². The number of esters is 1. The van der Waals surface area contributed by atoms with Gasteiger partial charge >= 0.3 is 12.0 Å². The van der Waals surface area contributed by atoms with Crippen molar-refractivity contribution in [2.75, 3.05) is 0 Å². The number of imide groups is 1. The summed E-state index contributed by atoms with van der Waals surface area (Å²) in [7, 11) is 0. The molecule has 0 aliphatic heterocycles. The monoisotopic (exact) mass is 332 g/mol. The summed E-state index contributed by atoms with van der Waals surface area (Å²) in [6.45, 7) is 3.35. The highest BCUT2D eigenvalue weighted by molar-refractivity contribution is 5.98. The number of hydrogen-bond donors (Lipinski definition) is 2. The fourth-order valence-electron chi connectivity index (χ4n) is 2.65. The average molecular weight is 332 g/mol. The second kappa shape index (κ2) is 8.47. The molecule has 24 heavy (non-hydrogen) atoms. The van der Waals surface area contributed by atoms with Crippen LogP contribution in [-0.4, -0.2) is 30.1 Å². The van der Waals surface area contributed by atoms with E-state index in [1.807, 2.05) is 6.92 Å². The smallest absolute Gasteiger partial charge is 0.338 e. The number of hydrogen-bond acceptors (Lipinski definition) is 4. The van der Waals surface area contributed by atoms with Gasteiger partial charge in [0.2, 0.25) is 0 Å². The van der Waals surface area contributed by atoms with E-state index in [2.05, 4.69) is 10.6 Å². The normalized spacial score (nSPS) is 16.1. The van der Waals surface area contributed by atoms with E-state index >= 15 is 0 Å². The molecule has 1 fully saturated rings. The van der Waals surface area contributed by atoms with Crippen molar-refractivity contribution in [2.24, 2.45) is 0 Å². The molecule has 0 saturated heterocycles. The highest BCUT2D eigenvalue weighted by Gasteiger charge is 2.22. The number of ether oxygens (including phenoxy) is 1. The largest absolute Gasteiger partial charge is 0.449 e. The first kappa shape index (κ1) is 18.0. The van der Waals surface area contributed by atoms with Gasteiger partial charge in [-0.3, -0.25) is 10.1 Å². The molecule has 1 aliphatic carbocycles. The molecule has 130 valence electrons. The highest BCUT2D eigenvalue weighted by Crippen LogP contribution is 2.17. The SMILES string of the molecule is Cc1ccc(C(=O)O[C@@H](C)C(=O)NC(=O)NC2CCCCC2)cc1. The lowest BCUT2D eigenvalue weighted by molar-refractivity contribution is -0.127. The molecular weight excluding hydrogens is 308 g/mol. The van der Waals surface area contributed by atoms with Gasteiger partial charge in [0.1, 0.15) is 0 Å². The molecule has 0 unspecified atom stereocenters. The second-order valence-corrected chi connectivity index (χ2v) is 6.21. The summed E-state index contributed by atoms with van der Waals surface area (Å²) in [5.74, 6) is -1.23. The number of nitrogens with one attached hydrogen (secondary N) is 2. The predicted molar refractivity (Wildman–Crippen MR) is 89.6 cm³/mol. The minimum Gasteiger partial charge on any atom is -0.449 e. The molecule has 1 saturated carbocycles. The second-order valence-electron chi connectivity index (χ2n) is 6.21. The van der Waals surface area contributed by atoms with Crippen LogP contribution in [0, 0.1) is 6.92 Å². The Bertz CT molecular complexity index is 592. The topological polar surface area (TPSA) is 84.5 Å². The van der Waals surface area contributed by atoms with E-state index in [1.165, 1.54) is 13.3 Å². The van der Waals surface area contributed by atoms with Crippen LogP contribution in [0.3, 0.4) is 0 Å². The maximum Gasteiger partial charge on any atom is 0.338 e. The van der Waals surface area contributed by atoms with E-state index in [-0.39, 0.29) is 6.04 Å². The Balaban J connectivity index is 1.79. The molecule has 0 spiro atoms. The Morgan fingerprint density at radius 1 is 1.08 bits per heavy atom. The van der Waals surface area contributed by atoms with E-state index < -0.39 is 24.0 Å². The molecule has 6 heteroatoms. The van der Waals surface area contributed by atoms with Crippen molar-refractivity contribution >= 4 is 17.9 Å². The Morgan fingerprint density at radius 3 is 2.33 bits per heavy atom. The summed E-state index contributed by atoms with van der Waals surface area (Å²) in [4.78, 5) is 35.8. The first-order chi connectivity index (χ1) is 11.5. The van der Waals surface area contributed by atoms with Gasteiger partial charge in [-0.15, -0.1) is 0 Å². The molecule has 1 aromatic rings. The summed E-state index contributed by atoms with van der Waals surface area (Å²) >= 11 is 0. The number of benzene rings is 1. The predicted octanol–water partition coefficient (Wildman–Crippen LogP) is 2.70. The third kappa shape index (κ3) is 5.37. The lowest BCUT2D eigenvalue weighted by Gasteiger charge is -2.23. The van der Waals surface area contributed by atoms with Gasteiger partial charge in [0.15, 0.2) is 6.10 Å². The van der Waals surface area contributed by atoms with Crippen LogP contribution in [0.4, 0.5) is 4.79 Å². The molecule has 0 bridgehead atoms. The van der Waals surface area contributed by atoms with E-state index in [0.29, 0.717) is 5.56 Å². The molecule has 2 N–H and O–H groups in total. The van der Waals surface area contributed by atoms with E-state index in [9.17, 15) is 14.4 Å². The fraction of sp³-hybridized carbons (Fsp3) is 0.500. The van der Waals surface area contributed by atoms with Gasteiger partial charge in [-0.05, 0) is 38.8 Å². The van der Waals surface area contributed by atoms with Crippen molar-refractivity contribution in [2.45, 2.75) is 58.1 Å². The van der Waals surface area contributed by atoms with Crippen LogP contribution in [0.5, 0.6) is 0 Å². The molecule has 0 heterocycles. The maximum atomic E-state index is 12.0. The van der Waals surface area contributed by atoms with Gasteiger partial charge in [0, 0.05) is 6.04 Å². The van der Waals surface area contributed by atoms with Crippen LogP contribution < -0.4 is 10.6 Å². The van der Waals surface area contributed by atoms with Crippen LogP contribution in [0.25, 0.3) is 0 Å². The minimum absolute atomic E-state index is 0.108. The number of carbonyl (C=O) groups is 3. The minimum atomic E-state index is -1.05. The van der Waals surface area contributed by atoms with E-state index in [1.54, 1.807) is 24.3 Å². The zero-order valence-corrected chi connectivity index (χ0v) is 14.1. The number of urea groups is 1. The molecular formula is C18H24N2O4. The van der Waals surface area contributed by atoms with Gasteiger partial charge in [0.25, 0.3) is 5.91 Å². The standard InChI is InChI=1S/C18H24N2O4/c1-12-8-10-14(11-9-12)17(22)24-13(2)16(21)20-18(23)19-15-6-4-3-5-7-15/h8-11,13,15H,3-7H2,1-2H3,(H2,19,20,21,23)/t13-/m0/s1. The summed E-state index contributed by atoms with van der Waals surface area (Å²) in [5, 5.41) is 5.01. The zero-order chi connectivity index (χ0) is 17.5. The number of aryl methyl sites for hydroxylation is 1. The van der Waals surface area contributed by atoms with Crippen molar-refractivity contribution in [3.8, 4) is 0 Å². The molecule has 3 amide bonds.